The maximum Gasteiger partial charge on any atom is 0.228 e. The molecule has 2 aromatic heterocycles. The van der Waals surface area contributed by atoms with Gasteiger partial charge in [-0.15, -0.1) is 0 Å². The average Bonchev–Trinajstić information content (AvgIpc) is 2.82. The molecule has 0 saturated carbocycles. The lowest BCUT2D eigenvalue weighted by atomic mass is 10.2. The molecule has 0 aliphatic heterocycles. The molecule has 0 aliphatic carbocycles. The molecular formula is C14H13N3O. The molecule has 18 heavy (non-hydrogen) atoms. The van der Waals surface area contributed by atoms with Gasteiger partial charge >= 0.3 is 0 Å². The molecule has 4 nitrogen and oxygen atoms in total. The molecular weight excluding hydrogens is 226 g/mol. The lowest BCUT2D eigenvalue weighted by molar-refractivity contribution is 0.619. The molecule has 1 aromatic carbocycles. The molecule has 0 spiro atoms. The molecule has 0 unspecified atom stereocenters. The van der Waals surface area contributed by atoms with Gasteiger partial charge in [0.15, 0.2) is 11.2 Å². The Morgan fingerprint density at radius 2 is 1.83 bits per heavy atom. The van der Waals surface area contributed by atoms with Gasteiger partial charge in [-0.05, 0) is 36.4 Å². The van der Waals surface area contributed by atoms with Crippen molar-refractivity contribution >= 4 is 16.9 Å². The molecule has 0 radical (unpaired) electrons. The second-order valence-corrected chi connectivity index (χ2v) is 4.29. The number of fused-ring (bicyclic) bond motifs is 1. The van der Waals surface area contributed by atoms with Gasteiger partial charge in [0, 0.05) is 31.5 Å². The Hall–Kier alpha value is -2.36. The second kappa shape index (κ2) is 4.14. The first-order valence-electron chi connectivity index (χ1n) is 5.73. The third-order valence-electron chi connectivity index (χ3n) is 2.80. The Morgan fingerprint density at radius 1 is 1.06 bits per heavy atom. The van der Waals surface area contributed by atoms with Gasteiger partial charge < -0.3 is 9.32 Å². The average molecular weight is 239 g/mol. The van der Waals surface area contributed by atoms with E-state index >= 15 is 0 Å². The minimum atomic E-state index is 0.606. The van der Waals surface area contributed by atoms with Crippen LogP contribution >= 0.6 is 0 Å². The first-order valence-corrected chi connectivity index (χ1v) is 5.73. The zero-order chi connectivity index (χ0) is 12.5. The predicted octanol–water partition coefficient (Wildman–Crippen LogP) is 2.96. The quantitative estimate of drug-likeness (QED) is 0.689. The van der Waals surface area contributed by atoms with E-state index in [2.05, 4.69) is 14.9 Å². The zero-order valence-electron chi connectivity index (χ0n) is 10.3. The molecule has 2 heterocycles. The standard InChI is InChI=1S/C14H13N3O/c1-17(2)11-7-5-10(6-8-11)14-16-13-12(18-14)4-3-9-15-13/h3-9H,1-2H3. The first kappa shape index (κ1) is 10.8. The molecule has 0 N–H and O–H groups in total. The Bertz CT molecular complexity index is 638. The Kier molecular flexibility index (Phi) is 2.48. The fourth-order valence-corrected chi connectivity index (χ4v) is 1.79. The van der Waals surface area contributed by atoms with Crippen LogP contribution in [-0.4, -0.2) is 24.1 Å². The third-order valence-corrected chi connectivity index (χ3v) is 2.80. The van der Waals surface area contributed by atoms with E-state index in [0.717, 1.165) is 11.3 Å². The number of hydrogen-bond donors (Lipinski definition) is 0. The van der Waals surface area contributed by atoms with Crippen LogP contribution in [0.1, 0.15) is 0 Å². The van der Waals surface area contributed by atoms with Crippen molar-refractivity contribution in [3.8, 4) is 11.5 Å². The minimum absolute atomic E-state index is 0.606. The topological polar surface area (TPSA) is 42.2 Å². The van der Waals surface area contributed by atoms with Crippen LogP contribution in [0.4, 0.5) is 5.69 Å². The number of pyridine rings is 1. The van der Waals surface area contributed by atoms with Crippen molar-refractivity contribution in [1.82, 2.24) is 9.97 Å². The molecule has 3 rings (SSSR count). The van der Waals surface area contributed by atoms with Crippen LogP contribution in [0.5, 0.6) is 0 Å². The summed E-state index contributed by atoms with van der Waals surface area (Å²) in [7, 11) is 4.02. The van der Waals surface area contributed by atoms with E-state index < -0.39 is 0 Å². The number of aromatic nitrogens is 2. The lowest BCUT2D eigenvalue weighted by Gasteiger charge is -2.11. The predicted molar refractivity (Wildman–Crippen MR) is 71.6 cm³/mol. The zero-order valence-corrected chi connectivity index (χ0v) is 10.3. The van der Waals surface area contributed by atoms with Crippen LogP contribution in [-0.2, 0) is 0 Å². The molecule has 0 fully saturated rings. The lowest BCUT2D eigenvalue weighted by Crippen LogP contribution is -2.07. The smallest absolute Gasteiger partial charge is 0.228 e. The maximum atomic E-state index is 5.67. The fraction of sp³-hybridized carbons (Fsp3) is 0.143. The van der Waals surface area contributed by atoms with Crippen LogP contribution in [0.15, 0.2) is 47.0 Å². The SMILES string of the molecule is CN(C)c1ccc(-c2nc3ncccc3o2)cc1. The van der Waals surface area contributed by atoms with Gasteiger partial charge in [0.05, 0.1) is 0 Å². The number of nitrogens with zero attached hydrogens (tertiary/aromatic N) is 3. The molecule has 3 aromatic rings. The van der Waals surface area contributed by atoms with Crippen molar-refractivity contribution in [2.24, 2.45) is 0 Å². The molecule has 0 bridgehead atoms. The third kappa shape index (κ3) is 1.82. The van der Waals surface area contributed by atoms with Gasteiger partial charge in [-0.1, -0.05) is 0 Å². The first-order chi connectivity index (χ1) is 8.74. The highest BCUT2D eigenvalue weighted by molar-refractivity contribution is 5.72. The molecule has 0 saturated heterocycles. The van der Waals surface area contributed by atoms with Crippen LogP contribution < -0.4 is 4.90 Å². The highest BCUT2D eigenvalue weighted by Gasteiger charge is 2.08. The van der Waals surface area contributed by atoms with Crippen LogP contribution in [0.3, 0.4) is 0 Å². The number of benzene rings is 1. The summed E-state index contributed by atoms with van der Waals surface area (Å²) in [6.45, 7) is 0. The van der Waals surface area contributed by atoms with Crippen LogP contribution in [0.25, 0.3) is 22.7 Å². The summed E-state index contributed by atoms with van der Waals surface area (Å²) < 4.78 is 5.67. The van der Waals surface area contributed by atoms with Gasteiger partial charge in [-0.25, -0.2) is 4.98 Å². The summed E-state index contributed by atoms with van der Waals surface area (Å²) in [5.41, 5.74) is 3.46. The van der Waals surface area contributed by atoms with Crippen LogP contribution in [0.2, 0.25) is 0 Å². The van der Waals surface area contributed by atoms with Crippen molar-refractivity contribution in [2.45, 2.75) is 0 Å². The number of hydrogen-bond acceptors (Lipinski definition) is 4. The van der Waals surface area contributed by atoms with Crippen molar-refractivity contribution in [2.75, 3.05) is 19.0 Å². The molecule has 0 atom stereocenters. The van der Waals surface area contributed by atoms with Gasteiger partial charge in [0.2, 0.25) is 5.89 Å². The van der Waals surface area contributed by atoms with Gasteiger partial charge in [0.25, 0.3) is 0 Å². The summed E-state index contributed by atoms with van der Waals surface area (Å²) in [6, 6.07) is 11.8. The number of rotatable bonds is 2. The van der Waals surface area contributed by atoms with E-state index in [-0.39, 0.29) is 0 Å². The van der Waals surface area contributed by atoms with Gasteiger partial charge in [-0.3, -0.25) is 0 Å². The summed E-state index contributed by atoms with van der Waals surface area (Å²) >= 11 is 0. The Morgan fingerprint density at radius 3 is 2.50 bits per heavy atom. The van der Waals surface area contributed by atoms with E-state index in [1.165, 1.54) is 0 Å². The highest BCUT2D eigenvalue weighted by atomic mass is 16.3. The van der Waals surface area contributed by atoms with Crippen molar-refractivity contribution in [3.05, 3.63) is 42.6 Å². The van der Waals surface area contributed by atoms with Crippen LogP contribution in [0, 0.1) is 0 Å². The fourth-order valence-electron chi connectivity index (χ4n) is 1.79. The van der Waals surface area contributed by atoms with E-state index in [9.17, 15) is 0 Å². The van der Waals surface area contributed by atoms with E-state index in [4.69, 9.17) is 4.42 Å². The highest BCUT2D eigenvalue weighted by Crippen LogP contribution is 2.24. The number of anilines is 1. The van der Waals surface area contributed by atoms with Crippen molar-refractivity contribution in [1.29, 1.82) is 0 Å². The molecule has 0 aliphatic rings. The van der Waals surface area contributed by atoms with E-state index in [0.29, 0.717) is 17.1 Å². The summed E-state index contributed by atoms with van der Waals surface area (Å²) in [5, 5.41) is 0. The van der Waals surface area contributed by atoms with Gasteiger partial charge in [-0.2, -0.15) is 4.98 Å². The monoisotopic (exact) mass is 239 g/mol. The minimum Gasteiger partial charge on any atom is -0.434 e. The second-order valence-electron chi connectivity index (χ2n) is 4.29. The van der Waals surface area contributed by atoms with Gasteiger partial charge in [0.1, 0.15) is 0 Å². The molecule has 90 valence electrons. The van der Waals surface area contributed by atoms with Crippen molar-refractivity contribution < 1.29 is 4.42 Å². The van der Waals surface area contributed by atoms with E-state index in [1.807, 2.05) is 50.5 Å². The normalized spacial score (nSPS) is 10.8. The van der Waals surface area contributed by atoms with Crippen molar-refractivity contribution in [3.63, 3.8) is 0 Å². The largest absolute Gasteiger partial charge is 0.434 e. The summed E-state index contributed by atoms with van der Waals surface area (Å²) in [6.07, 6.45) is 1.71. The summed E-state index contributed by atoms with van der Waals surface area (Å²) in [5.74, 6) is 0.606. The Balaban J connectivity index is 2.03. The maximum absolute atomic E-state index is 5.67. The number of oxazole rings is 1. The summed E-state index contributed by atoms with van der Waals surface area (Å²) in [4.78, 5) is 10.6. The van der Waals surface area contributed by atoms with E-state index in [1.54, 1.807) is 6.20 Å². The molecule has 4 heteroatoms. The molecule has 0 amide bonds. The Labute approximate surface area is 105 Å².